The van der Waals surface area contributed by atoms with E-state index in [9.17, 15) is 4.79 Å². The Morgan fingerprint density at radius 2 is 1.96 bits per heavy atom. The van der Waals surface area contributed by atoms with Crippen LogP contribution in [0.3, 0.4) is 0 Å². The van der Waals surface area contributed by atoms with Crippen LogP contribution < -0.4 is 15.2 Å². The second-order valence-electron chi connectivity index (χ2n) is 5.29. The Morgan fingerprint density at radius 1 is 1.25 bits per heavy atom. The van der Waals surface area contributed by atoms with E-state index >= 15 is 0 Å². The number of aliphatic carboxylic acids is 1. The van der Waals surface area contributed by atoms with Crippen LogP contribution in [0.5, 0.6) is 5.75 Å². The van der Waals surface area contributed by atoms with E-state index in [-0.39, 0.29) is 6.42 Å². The molecule has 0 bridgehead atoms. The summed E-state index contributed by atoms with van der Waals surface area (Å²) in [4.78, 5) is 10.4. The van der Waals surface area contributed by atoms with Crippen molar-refractivity contribution in [3.63, 3.8) is 0 Å². The molecule has 0 aliphatic heterocycles. The van der Waals surface area contributed by atoms with Gasteiger partial charge in [0, 0.05) is 12.2 Å². The second-order valence-corrected chi connectivity index (χ2v) is 6.39. The van der Waals surface area contributed by atoms with Gasteiger partial charge in [0.25, 0.3) is 0 Å². The molecule has 0 aliphatic carbocycles. The van der Waals surface area contributed by atoms with Crippen molar-refractivity contribution in [3.8, 4) is 5.75 Å². The molecule has 0 aromatic heterocycles. The predicted molar refractivity (Wildman–Crippen MR) is 103 cm³/mol. The molecule has 1 aromatic rings. The van der Waals surface area contributed by atoms with Gasteiger partial charge in [-0.05, 0) is 57.0 Å². The number of nitrogens with one attached hydrogen (secondary N) is 1. The maximum Gasteiger partial charge on any atom is 0.303 e. The van der Waals surface area contributed by atoms with Crippen molar-refractivity contribution in [2.75, 3.05) is 26.0 Å². The molecule has 0 aliphatic rings. The SMILES string of the molecule is CCCCSNC.NCCCCOc1ccc(CCC(=O)O)cc1. The zero-order valence-electron chi connectivity index (χ0n) is 14.9. The highest BCUT2D eigenvalue weighted by Gasteiger charge is 1.99. The summed E-state index contributed by atoms with van der Waals surface area (Å²) in [6.45, 7) is 3.57. The average molecular weight is 357 g/mol. The van der Waals surface area contributed by atoms with Crippen LogP contribution in [0.15, 0.2) is 24.3 Å². The number of hydrogen-bond donors (Lipinski definition) is 3. The van der Waals surface area contributed by atoms with E-state index in [1.54, 1.807) is 11.9 Å². The molecule has 138 valence electrons. The molecule has 0 heterocycles. The summed E-state index contributed by atoms with van der Waals surface area (Å²) in [5.41, 5.74) is 6.40. The first-order valence-electron chi connectivity index (χ1n) is 8.56. The largest absolute Gasteiger partial charge is 0.494 e. The summed E-state index contributed by atoms with van der Waals surface area (Å²) in [6.07, 6.45) is 5.27. The smallest absolute Gasteiger partial charge is 0.303 e. The van der Waals surface area contributed by atoms with Crippen molar-refractivity contribution in [2.45, 2.75) is 45.4 Å². The monoisotopic (exact) mass is 356 g/mol. The lowest BCUT2D eigenvalue weighted by molar-refractivity contribution is -0.136. The highest BCUT2D eigenvalue weighted by Crippen LogP contribution is 2.13. The van der Waals surface area contributed by atoms with Gasteiger partial charge >= 0.3 is 5.97 Å². The predicted octanol–water partition coefficient (Wildman–Crippen LogP) is 3.48. The van der Waals surface area contributed by atoms with Crippen molar-refractivity contribution in [3.05, 3.63) is 29.8 Å². The van der Waals surface area contributed by atoms with Gasteiger partial charge in [0.1, 0.15) is 5.75 Å². The van der Waals surface area contributed by atoms with Gasteiger partial charge in [-0.25, -0.2) is 0 Å². The van der Waals surface area contributed by atoms with Crippen LogP contribution in [0, 0.1) is 0 Å². The Hall–Kier alpha value is -1.24. The third kappa shape index (κ3) is 14.4. The van der Waals surface area contributed by atoms with Gasteiger partial charge in [-0.1, -0.05) is 37.4 Å². The van der Waals surface area contributed by atoms with Gasteiger partial charge in [-0.2, -0.15) is 0 Å². The molecule has 0 unspecified atom stereocenters. The molecule has 0 radical (unpaired) electrons. The molecular weight excluding hydrogens is 324 g/mol. The molecule has 24 heavy (non-hydrogen) atoms. The number of ether oxygens (including phenoxy) is 1. The van der Waals surface area contributed by atoms with E-state index in [0.29, 0.717) is 19.6 Å². The number of unbranched alkanes of at least 4 members (excludes halogenated alkanes) is 2. The maximum absolute atomic E-state index is 10.4. The molecule has 5 nitrogen and oxygen atoms in total. The summed E-state index contributed by atoms with van der Waals surface area (Å²) in [5, 5.41) is 8.56. The fourth-order valence-corrected chi connectivity index (χ4v) is 2.40. The van der Waals surface area contributed by atoms with Crippen molar-refractivity contribution in [1.82, 2.24) is 4.72 Å². The van der Waals surface area contributed by atoms with Crippen LogP contribution in [0.2, 0.25) is 0 Å². The minimum atomic E-state index is -0.771. The Balaban J connectivity index is 0.000000640. The van der Waals surface area contributed by atoms with E-state index in [1.165, 1.54) is 18.6 Å². The van der Waals surface area contributed by atoms with Gasteiger partial charge < -0.3 is 15.6 Å². The van der Waals surface area contributed by atoms with E-state index < -0.39 is 5.97 Å². The number of nitrogens with two attached hydrogens (primary N) is 1. The maximum atomic E-state index is 10.4. The summed E-state index contributed by atoms with van der Waals surface area (Å²) in [5.74, 6) is 1.29. The van der Waals surface area contributed by atoms with Crippen LogP contribution in [0.1, 0.15) is 44.6 Å². The lowest BCUT2D eigenvalue weighted by Crippen LogP contribution is -2.03. The van der Waals surface area contributed by atoms with Crippen molar-refractivity contribution in [1.29, 1.82) is 0 Å². The topological polar surface area (TPSA) is 84.6 Å². The average Bonchev–Trinajstić information content (AvgIpc) is 2.59. The summed E-state index contributed by atoms with van der Waals surface area (Å²) < 4.78 is 8.54. The summed E-state index contributed by atoms with van der Waals surface area (Å²) in [6, 6.07) is 7.56. The Morgan fingerprint density at radius 3 is 2.50 bits per heavy atom. The number of carboxylic acids is 1. The van der Waals surface area contributed by atoms with Gasteiger partial charge in [0.15, 0.2) is 0 Å². The molecule has 0 amide bonds. The van der Waals surface area contributed by atoms with Crippen LogP contribution >= 0.6 is 11.9 Å². The lowest BCUT2D eigenvalue weighted by atomic mass is 10.1. The lowest BCUT2D eigenvalue weighted by Gasteiger charge is -2.06. The zero-order valence-corrected chi connectivity index (χ0v) is 15.7. The Bertz CT molecular complexity index is 409. The van der Waals surface area contributed by atoms with Gasteiger partial charge in [-0.3, -0.25) is 9.52 Å². The number of hydrogen-bond acceptors (Lipinski definition) is 5. The van der Waals surface area contributed by atoms with E-state index in [2.05, 4.69) is 11.6 Å². The number of aryl methyl sites for hydroxylation is 1. The molecule has 4 N–H and O–H groups in total. The van der Waals surface area contributed by atoms with Crippen LogP contribution in [0.25, 0.3) is 0 Å². The van der Waals surface area contributed by atoms with Crippen LogP contribution in [0.4, 0.5) is 0 Å². The van der Waals surface area contributed by atoms with Gasteiger partial charge in [0.05, 0.1) is 6.61 Å². The summed E-state index contributed by atoms with van der Waals surface area (Å²) >= 11 is 1.78. The number of carbonyl (C=O) groups is 1. The van der Waals surface area contributed by atoms with E-state index in [4.69, 9.17) is 15.6 Å². The fourth-order valence-electron chi connectivity index (χ4n) is 1.76. The first-order valence-corrected chi connectivity index (χ1v) is 9.54. The third-order valence-electron chi connectivity index (χ3n) is 3.16. The molecular formula is C18H32N2O3S. The Kier molecular flexibility index (Phi) is 15.8. The molecule has 6 heteroatoms. The molecule has 0 atom stereocenters. The van der Waals surface area contributed by atoms with Crippen molar-refractivity contribution in [2.24, 2.45) is 5.73 Å². The van der Waals surface area contributed by atoms with Crippen LogP contribution in [-0.4, -0.2) is 37.0 Å². The molecule has 1 rings (SSSR count). The zero-order chi connectivity index (χ0) is 18.0. The molecule has 0 fully saturated rings. The molecule has 0 spiro atoms. The first-order chi connectivity index (χ1) is 11.6. The first kappa shape index (κ1) is 22.8. The van der Waals surface area contributed by atoms with Crippen molar-refractivity contribution < 1.29 is 14.6 Å². The van der Waals surface area contributed by atoms with E-state index in [1.807, 2.05) is 31.3 Å². The van der Waals surface area contributed by atoms with Gasteiger partial charge in [0.2, 0.25) is 0 Å². The van der Waals surface area contributed by atoms with Gasteiger partial charge in [-0.15, -0.1) is 0 Å². The normalized spacial score (nSPS) is 9.96. The minimum absolute atomic E-state index is 0.163. The number of rotatable bonds is 12. The number of benzene rings is 1. The number of carboxylic acid groups (broad SMARTS) is 1. The van der Waals surface area contributed by atoms with Crippen LogP contribution in [-0.2, 0) is 11.2 Å². The minimum Gasteiger partial charge on any atom is -0.494 e. The summed E-state index contributed by atoms with van der Waals surface area (Å²) in [7, 11) is 1.96. The highest BCUT2D eigenvalue weighted by molar-refractivity contribution is 7.97. The molecule has 1 aromatic carbocycles. The standard InChI is InChI=1S/C13H19NO3.C5H13NS/c14-9-1-2-10-17-12-6-3-11(4-7-12)5-8-13(15)16;1-3-4-5-7-6-2/h3-4,6-7H,1-2,5,8-10,14H2,(H,15,16);6H,3-5H2,1-2H3. The third-order valence-corrected chi connectivity index (χ3v) is 3.94. The quantitative estimate of drug-likeness (QED) is 0.393. The molecule has 0 saturated carbocycles. The van der Waals surface area contributed by atoms with Crippen molar-refractivity contribution >= 4 is 17.9 Å². The second kappa shape index (κ2) is 16.6. The fraction of sp³-hybridized carbons (Fsp3) is 0.611. The molecule has 0 saturated heterocycles. The Labute approximate surface area is 150 Å². The van der Waals surface area contributed by atoms with E-state index in [0.717, 1.165) is 24.2 Å². The highest BCUT2D eigenvalue weighted by atomic mass is 32.2.